The second kappa shape index (κ2) is 20.9. The highest BCUT2D eigenvalue weighted by atomic mass is 32.1. The Kier molecular flexibility index (Phi) is 15.6. The van der Waals surface area contributed by atoms with Crippen LogP contribution in [0.3, 0.4) is 0 Å². The van der Waals surface area contributed by atoms with E-state index in [0.717, 1.165) is 66.1 Å². The molecule has 0 unspecified atom stereocenters. The highest BCUT2D eigenvalue weighted by Gasteiger charge is 2.44. The van der Waals surface area contributed by atoms with E-state index in [1.807, 2.05) is 71.4 Å². The number of carbonyl (C=O) groups is 3. The Balaban J connectivity index is 0.939. The molecule has 3 aromatic heterocycles. The molecule has 342 valence electrons. The molecule has 3 amide bonds. The van der Waals surface area contributed by atoms with Crippen molar-refractivity contribution in [1.82, 2.24) is 40.4 Å². The van der Waals surface area contributed by atoms with E-state index in [9.17, 15) is 32.7 Å². The monoisotopic (exact) mass is 901 g/mol. The number of aryl methyl sites for hydroxylation is 2. The van der Waals surface area contributed by atoms with Gasteiger partial charge in [-0.2, -0.15) is 13.2 Å². The van der Waals surface area contributed by atoms with E-state index in [1.165, 1.54) is 11.0 Å². The number of nitrogens with zero attached hydrogens (tertiary/aromatic N) is 5. The number of thiazole rings is 1. The van der Waals surface area contributed by atoms with Gasteiger partial charge in [0.1, 0.15) is 11.9 Å². The van der Waals surface area contributed by atoms with Crippen LogP contribution in [0.2, 0.25) is 0 Å². The van der Waals surface area contributed by atoms with Crippen molar-refractivity contribution in [2.24, 2.45) is 12.5 Å². The number of halogens is 3. The van der Waals surface area contributed by atoms with Gasteiger partial charge in [0, 0.05) is 55.8 Å². The third-order valence-corrected chi connectivity index (χ3v) is 12.3. The highest BCUT2D eigenvalue weighted by Crippen LogP contribution is 2.33. The number of hydrogen-bond donors (Lipinski definition) is 5. The van der Waals surface area contributed by atoms with Gasteiger partial charge < -0.3 is 35.8 Å². The second-order valence-electron chi connectivity index (χ2n) is 17.5. The minimum Gasteiger partial charge on any atom is -0.391 e. The molecule has 6 rings (SSSR count). The van der Waals surface area contributed by atoms with Gasteiger partial charge in [0.2, 0.25) is 11.8 Å². The van der Waals surface area contributed by atoms with Crippen LogP contribution in [0.4, 0.5) is 24.7 Å². The lowest BCUT2D eigenvalue weighted by Crippen LogP contribution is -2.56. The molecule has 0 radical (unpaired) electrons. The van der Waals surface area contributed by atoms with Crippen LogP contribution in [-0.4, -0.2) is 85.1 Å². The maximum absolute atomic E-state index is 14.1. The van der Waals surface area contributed by atoms with Crippen LogP contribution in [-0.2, 0) is 22.8 Å². The third-order valence-electron chi connectivity index (χ3n) is 11.4. The van der Waals surface area contributed by atoms with Gasteiger partial charge in [-0.3, -0.25) is 14.4 Å². The zero-order valence-corrected chi connectivity index (χ0v) is 37.9. The zero-order chi connectivity index (χ0) is 46.2. The smallest absolute Gasteiger partial charge is 0.391 e. The van der Waals surface area contributed by atoms with Crippen molar-refractivity contribution in [3.05, 3.63) is 101 Å². The van der Waals surface area contributed by atoms with E-state index in [2.05, 4.69) is 36.2 Å². The summed E-state index contributed by atoms with van der Waals surface area (Å²) in [5.74, 6) is -0.539. The number of aliphatic hydroxyl groups excluding tert-OH is 1. The van der Waals surface area contributed by atoms with Crippen molar-refractivity contribution in [3.63, 3.8) is 0 Å². The molecule has 4 heterocycles. The number of carbonyl (C=O) groups excluding carboxylic acids is 3. The fourth-order valence-corrected chi connectivity index (χ4v) is 8.60. The number of nitrogens with one attached hydrogen (secondary N) is 4. The number of β-amino-alcohol motifs (C(OH)–C–C–N with tert-alkyl or cyclic N) is 1. The number of unbranched alkanes of at least 4 members (excludes halogenated alkanes) is 4. The maximum atomic E-state index is 14.1. The summed E-state index contributed by atoms with van der Waals surface area (Å²) in [5.41, 5.74) is 5.60. The fourth-order valence-electron chi connectivity index (χ4n) is 7.79. The average Bonchev–Trinajstić information content (AvgIpc) is 4.00. The first-order valence-corrected chi connectivity index (χ1v) is 22.5. The molecule has 1 aliphatic rings. The summed E-state index contributed by atoms with van der Waals surface area (Å²) in [7, 11) is 1.81. The SMILES string of the molecule is Cc1ncsc1-c1ccc([C@H](C)NC(=O)[C@@H]2C[C@@H](O)CN2C(=O)[C@@H](NCCCCCCCNC(=O)c2ccc(Nc3ccc(C(F)(F)F)cn3)c(-c3cn(C)cn3)c2)C(C)(C)C)cc1. The van der Waals surface area contributed by atoms with Crippen molar-refractivity contribution in [2.75, 3.05) is 25.0 Å². The molecule has 0 saturated carbocycles. The van der Waals surface area contributed by atoms with Crippen LogP contribution in [0.15, 0.2) is 78.8 Å². The summed E-state index contributed by atoms with van der Waals surface area (Å²) >= 11 is 1.58. The Bertz CT molecular complexity index is 2360. The molecule has 5 N–H and O–H groups in total. The highest BCUT2D eigenvalue weighted by molar-refractivity contribution is 7.13. The zero-order valence-electron chi connectivity index (χ0n) is 37.1. The van der Waals surface area contributed by atoms with Crippen LogP contribution >= 0.6 is 11.3 Å². The first kappa shape index (κ1) is 47.8. The summed E-state index contributed by atoms with van der Waals surface area (Å²) in [4.78, 5) is 56.2. The van der Waals surface area contributed by atoms with Gasteiger partial charge >= 0.3 is 6.18 Å². The number of pyridine rings is 1. The van der Waals surface area contributed by atoms with Crippen molar-refractivity contribution < 1.29 is 32.7 Å². The lowest BCUT2D eigenvalue weighted by atomic mass is 9.85. The number of hydrogen-bond acceptors (Lipinski definition) is 10. The topological polar surface area (TPSA) is 166 Å². The third kappa shape index (κ3) is 12.3. The van der Waals surface area contributed by atoms with Gasteiger partial charge in [-0.15, -0.1) is 11.3 Å². The van der Waals surface area contributed by atoms with Crippen molar-refractivity contribution >= 4 is 40.6 Å². The summed E-state index contributed by atoms with van der Waals surface area (Å²) < 4.78 is 40.9. The van der Waals surface area contributed by atoms with Crippen LogP contribution < -0.4 is 21.3 Å². The van der Waals surface area contributed by atoms with E-state index >= 15 is 0 Å². The molecule has 64 heavy (non-hydrogen) atoms. The minimum atomic E-state index is -4.50. The van der Waals surface area contributed by atoms with E-state index in [0.29, 0.717) is 35.6 Å². The molecule has 0 spiro atoms. The second-order valence-corrected chi connectivity index (χ2v) is 18.4. The number of rotatable bonds is 18. The number of amides is 3. The normalized spacial score (nSPS) is 16.4. The molecule has 13 nitrogen and oxygen atoms in total. The van der Waals surface area contributed by atoms with Crippen LogP contribution in [0, 0.1) is 12.3 Å². The Morgan fingerprint density at radius 3 is 2.28 bits per heavy atom. The van der Waals surface area contributed by atoms with E-state index in [-0.39, 0.29) is 42.5 Å². The molecule has 0 bridgehead atoms. The molecule has 2 aromatic carbocycles. The first-order chi connectivity index (χ1) is 30.4. The molecular weight excluding hydrogens is 844 g/mol. The molecular formula is C47H58F3N9O4S. The number of imidazole rings is 1. The number of anilines is 2. The summed E-state index contributed by atoms with van der Waals surface area (Å²) in [6.45, 7) is 11.0. The molecule has 0 aliphatic carbocycles. The van der Waals surface area contributed by atoms with Crippen molar-refractivity contribution in [2.45, 2.75) is 104 Å². The van der Waals surface area contributed by atoms with E-state index < -0.39 is 35.3 Å². The van der Waals surface area contributed by atoms with Gasteiger partial charge in [-0.25, -0.2) is 15.0 Å². The van der Waals surface area contributed by atoms with Gasteiger partial charge in [0.05, 0.1) is 51.9 Å². The van der Waals surface area contributed by atoms with Crippen LogP contribution in [0.25, 0.3) is 21.7 Å². The van der Waals surface area contributed by atoms with E-state index in [1.54, 1.807) is 46.6 Å². The number of aliphatic hydroxyl groups is 1. The number of benzene rings is 2. The number of likely N-dealkylation sites (tertiary alicyclic amines) is 1. The predicted molar refractivity (Wildman–Crippen MR) is 243 cm³/mol. The Morgan fingerprint density at radius 1 is 0.938 bits per heavy atom. The largest absolute Gasteiger partial charge is 0.417 e. The standard InChI is InChI=1S/C47H58F3N9O4S/c1-29(31-12-14-32(15-13-31)41-30(2)55-28-64-41)56-44(62)39-23-35(60)25-59(39)45(63)42(46(3,4)5)51-20-10-8-7-9-11-21-52-43(61)33-16-18-37(36(22-33)38-26-58(6)27-54-38)57-40-19-17-34(24-53-40)47(48,49)50/h12-19,22,24,26-29,35,39,42,51,60H,7-11,20-21,23,25H2,1-6H3,(H,52,61)(H,53,57)(H,56,62)/t29-,35+,39-,42+/m0/s1. The van der Waals surface area contributed by atoms with Gasteiger partial charge in [-0.1, -0.05) is 64.3 Å². The van der Waals surface area contributed by atoms with E-state index in [4.69, 9.17) is 0 Å². The minimum absolute atomic E-state index is 0.0938. The molecule has 5 aromatic rings. The Morgan fingerprint density at radius 2 is 1.66 bits per heavy atom. The summed E-state index contributed by atoms with van der Waals surface area (Å²) in [5, 5.41) is 23.2. The van der Waals surface area contributed by atoms with Gasteiger partial charge in [0.25, 0.3) is 5.91 Å². The molecule has 4 atom stereocenters. The summed E-state index contributed by atoms with van der Waals surface area (Å²) in [6, 6.07) is 13.6. The van der Waals surface area contributed by atoms with Crippen LogP contribution in [0.1, 0.15) is 99.4 Å². The first-order valence-electron chi connectivity index (χ1n) is 21.6. The quantitative estimate of drug-likeness (QED) is 0.0545. The molecule has 1 fully saturated rings. The number of aromatic nitrogens is 4. The Hall–Kier alpha value is -5.65. The summed E-state index contributed by atoms with van der Waals surface area (Å²) in [6.07, 6.45) is 3.38. The number of alkyl halides is 3. The van der Waals surface area contributed by atoms with Crippen molar-refractivity contribution in [3.8, 4) is 21.7 Å². The van der Waals surface area contributed by atoms with Crippen molar-refractivity contribution in [1.29, 1.82) is 0 Å². The molecule has 1 saturated heterocycles. The molecule has 1 aliphatic heterocycles. The Labute approximate surface area is 376 Å². The van der Waals surface area contributed by atoms with Gasteiger partial charge in [-0.05, 0) is 80.1 Å². The fraction of sp³-hybridized carbons (Fsp3) is 0.447. The average molecular weight is 902 g/mol. The maximum Gasteiger partial charge on any atom is 0.417 e. The predicted octanol–water partition coefficient (Wildman–Crippen LogP) is 8.20. The van der Waals surface area contributed by atoms with Gasteiger partial charge in [0.15, 0.2) is 0 Å². The lowest BCUT2D eigenvalue weighted by Gasteiger charge is -2.35. The lowest BCUT2D eigenvalue weighted by molar-refractivity contribution is -0.142. The molecule has 17 heteroatoms. The van der Waals surface area contributed by atoms with Crippen LogP contribution in [0.5, 0.6) is 0 Å².